The average Bonchev–Trinajstić information content (AvgIpc) is 2.98. The average molecular weight is 348 g/mol. The predicted octanol–water partition coefficient (Wildman–Crippen LogP) is 2.64. The van der Waals surface area contributed by atoms with Crippen molar-refractivity contribution in [2.75, 3.05) is 18.9 Å². The van der Waals surface area contributed by atoms with Gasteiger partial charge in [-0.15, -0.1) is 0 Å². The molecule has 1 fully saturated rings. The van der Waals surface area contributed by atoms with Crippen LogP contribution in [0.4, 0.5) is 5.69 Å². The van der Waals surface area contributed by atoms with Crippen LogP contribution in [0.1, 0.15) is 6.92 Å². The summed E-state index contributed by atoms with van der Waals surface area (Å²) in [5, 5.41) is 3.73. The smallest absolute Gasteiger partial charge is 0.223 e. The predicted molar refractivity (Wildman–Crippen MR) is 101 cm³/mol. The molecule has 26 heavy (non-hydrogen) atoms. The number of rotatable bonds is 4. The van der Waals surface area contributed by atoms with Crippen LogP contribution in [0.2, 0.25) is 0 Å². The minimum absolute atomic E-state index is 0.0559. The number of nitrogens with two attached hydrogens (primary N) is 1. The van der Waals surface area contributed by atoms with Crippen LogP contribution >= 0.6 is 0 Å². The number of benzene rings is 1. The first-order valence-corrected chi connectivity index (χ1v) is 8.64. The number of nitrogen functional groups attached to an aromatic ring is 1. The van der Waals surface area contributed by atoms with Gasteiger partial charge < -0.3 is 15.8 Å². The van der Waals surface area contributed by atoms with Gasteiger partial charge in [-0.05, 0) is 30.3 Å². The lowest BCUT2D eigenvalue weighted by Gasteiger charge is -2.15. The number of nitrogens with one attached hydrogen (secondary N) is 1. The summed E-state index contributed by atoms with van der Waals surface area (Å²) < 4.78 is 6.04. The molecular weight excluding hydrogens is 328 g/mol. The van der Waals surface area contributed by atoms with Gasteiger partial charge in [0, 0.05) is 35.8 Å². The molecule has 132 valence electrons. The highest BCUT2D eigenvalue weighted by Crippen LogP contribution is 2.29. The Balaban J connectivity index is 1.68. The second kappa shape index (κ2) is 6.63. The number of amides is 1. The number of anilines is 1. The van der Waals surface area contributed by atoms with Crippen LogP contribution < -0.4 is 15.8 Å². The standard InChI is InChI=1S/C20H20N4O2/c1-12-14(10-23-19(12)25)11-26-20-16-3-2-8-22-18(16)9-17(24-20)13-4-6-15(21)7-5-13/h2-9,12,14H,10-11,21H2,1H3,(H,23,25)/t12-,14-/m1/s1. The van der Waals surface area contributed by atoms with E-state index >= 15 is 0 Å². The van der Waals surface area contributed by atoms with Crippen LogP contribution in [0.3, 0.4) is 0 Å². The van der Waals surface area contributed by atoms with Crippen LogP contribution in [0.5, 0.6) is 5.88 Å². The van der Waals surface area contributed by atoms with E-state index in [-0.39, 0.29) is 17.7 Å². The number of carbonyl (C=O) groups excluding carboxylic acids is 1. The van der Waals surface area contributed by atoms with Crippen LogP contribution in [0.25, 0.3) is 22.2 Å². The molecule has 1 aromatic carbocycles. The van der Waals surface area contributed by atoms with Crippen molar-refractivity contribution in [1.29, 1.82) is 0 Å². The lowest BCUT2D eigenvalue weighted by Crippen LogP contribution is -2.20. The molecule has 6 nitrogen and oxygen atoms in total. The minimum atomic E-state index is -0.0559. The van der Waals surface area contributed by atoms with Gasteiger partial charge in [0.1, 0.15) is 0 Å². The molecular formula is C20H20N4O2. The first-order chi connectivity index (χ1) is 12.6. The molecule has 6 heteroatoms. The van der Waals surface area contributed by atoms with E-state index in [0.717, 1.165) is 22.2 Å². The summed E-state index contributed by atoms with van der Waals surface area (Å²) in [6, 6.07) is 13.3. The van der Waals surface area contributed by atoms with E-state index in [0.29, 0.717) is 24.7 Å². The summed E-state index contributed by atoms with van der Waals surface area (Å²) in [4.78, 5) is 20.8. The van der Waals surface area contributed by atoms with Gasteiger partial charge in [0.25, 0.3) is 0 Å². The van der Waals surface area contributed by atoms with Gasteiger partial charge in [-0.3, -0.25) is 9.78 Å². The van der Waals surface area contributed by atoms with Crippen molar-refractivity contribution in [2.45, 2.75) is 6.92 Å². The van der Waals surface area contributed by atoms with Crippen molar-refractivity contribution >= 4 is 22.5 Å². The lowest BCUT2D eigenvalue weighted by atomic mass is 9.99. The maximum Gasteiger partial charge on any atom is 0.223 e. The molecule has 0 unspecified atom stereocenters. The number of nitrogens with zero attached hydrogens (tertiary/aromatic N) is 2. The highest BCUT2D eigenvalue weighted by Gasteiger charge is 2.31. The second-order valence-electron chi connectivity index (χ2n) is 6.61. The summed E-state index contributed by atoms with van der Waals surface area (Å²) in [5.41, 5.74) is 9.02. The second-order valence-corrected chi connectivity index (χ2v) is 6.61. The van der Waals surface area contributed by atoms with Crippen LogP contribution in [-0.4, -0.2) is 29.0 Å². The maximum absolute atomic E-state index is 11.7. The fourth-order valence-corrected chi connectivity index (χ4v) is 3.13. The molecule has 3 N–H and O–H groups in total. The van der Waals surface area contributed by atoms with Gasteiger partial charge in [-0.1, -0.05) is 19.1 Å². The fourth-order valence-electron chi connectivity index (χ4n) is 3.13. The van der Waals surface area contributed by atoms with E-state index in [4.69, 9.17) is 15.5 Å². The number of hydrogen-bond acceptors (Lipinski definition) is 5. The molecule has 2 aromatic heterocycles. The van der Waals surface area contributed by atoms with Crippen molar-refractivity contribution in [2.24, 2.45) is 11.8 Å². The van der Waals surface area contributed by atoms with Gasteiger partial charge in [-0.25, -0.2) is 4.98 Å². The molecule has 0 bridgehead atoms. The Labute approximate surface area is 151 Å². The molecule has 3 aromatic rings. The Morgan fingerprint density at radius 3 is 2.81 bits per heavy atom. The lowest BCUT2D eigenvalue weighted by molar-refractivity contribution is -0.122. The molecule has 4 rings (SSSR count). The molecule has 1 saturated heterocycles. The van der Waals surface area contributed by atoms with Crippen molar-refractivity contribution in [3.05, 3.63) is 48.7 Å². The Kier molecular flexibility index (Phi) is 4.16. The van der Waals surface area contributed by atoms with Gasteiger partial charge in [0.05, 0.1) is 23.2 Å². The number of ether oxygens (including phenoxy) is 1. The molecule has 0 radical (unpaired) electrons. The Morgan fingerprint density at radius 2 is 2.08 bits per heavy atom. The summed E-state index contributed by atoms with van der Waals surface area (Å²) in [7, 11) is 0. The molecule has 2 atom stereocenters. The molecule has 1 aliphatic heterocycles. The fraction of sp³-hybridized carbons (Fsp3) is 0.250. The van der Waals surface area contributed by atoms with E-state index in [9.17, 15) is 4.79 Å². The minimum Gasteiger partial charge on any atom is -0.477 e. The highest BCUT2D eigenvalue weighted by atomic mass is 16.5. The van der Waals surface area contributed by atoms with Crippen molar-refractivity contribution in [3.63, 3.8) is 0 Å². The van der Waals surface area contributed by atoms with Crippen LogP contribution in [-0.2, 0) is 4.79 Å². The van der Waals surface area contributed by atoms with E-state index in [1.54, 1.807) is 6.20 Å². The quantitative estimate of drug-likeness (QED) is 0.708. The van der Waals surface area contributed by atoms with Crippen LogP contribution in [0.15, 0.2) is 48.7 Å². The number of fused-ring (bicyclic) bond motifs is 1. The first-order valence-electron chi connectivity index (χ1n) is 8.64. The monoisotopic (exact) mass is 348 g/mol. The highest BCUT2D eigenvalue weighted by molar-refractivity contribution is 5.87. The largest absolute Gasteiger partial charge is 0.477 e. The van der Waals surface area contributed by atoms with E-state index in [1.807, 2.05) is 49.4 Å². The third kappa shape index (κ3) is 3.06. The Morgan fingerprint density at radius 1 is 1.27 bits per heavy atom. The van der Waals surface area contributed by atoms with Gasteiger partial charge >= 0.3 is 0 Å². The summed E-state index contributed by atoms with van der Waals surface area (Å²) in [6.07, 6.45) is 1.75. The summed E-state index contributed by atoms with van der Waals surface area (Å²) in [6.45, 7) is 2.99. The zero-order chi connectivity index (χ0) is 18.1. The molecule has 3 heterocycles. The first kappa shape index (κ1) is 16.3. The number of aromatic nitrogens is 2. The number of carbonyl (C=O) groups is 1. The third-order valence-electron chi connectivity index (χ3n) is 4.86. The normalized spacial score (nSPS) is 19.5. The van der Waals surface area contributed by atoms with E-state index in [2.05, 4.69) is 10.3 Å². The van der Waals surface area contributed by atoms with Gasteiger partial charge in [0.15, 0.2) is 0 Å². The van der Waals surface area contributed by atoms with Crippen molar-refractivity contribution < 1.29 is 9.53 Å². The van der Waals surface area contributed by atoms with E-state index in [1.165, 1.54) is 0 Å². The van der Waals surface area contributed by atoms with Crippen molar-refractivity contribution in [1.82, 2.24) is 15.3 Å². The topological polar surface area (TPSA) is 90.1 Å². The SMILES string of the molecule is C[C@H]1C(=O)NC[C@@H]1COc1nc(-c2ccc(N)cc2)cc2ncccc12. The van der Waals surface area contributed by atoms with E-state index < -0.39 is 0 Å². The zero-order valence-corrected chi connectivity index (χ0v) is 14.5. The van der Waals surface area contributed by atoms with Crippen LogP contribution in [0, 0.1) is 11.8 Å². The molecule has 0 saturated carbocycles. The van der Waals surface area contributed by atoms with Gasteiger partial charge in [0.2, 0.25) is 11.8 Å². The summed E-state index contributed by atoms with van der Waals surface area (Å²) in [5.74, 6) is 0.693. The molecule has 0 aliphatic carbocycles. The molecule has 1 amide bonds. The number of pyridine rings is 2. The zero-order valence-electron chi connectivity index (χ0n) is 14.5. The molecule has 1 aliphatic rings. The Bertz CT molecular complexity index is 956. The maximum atomic E-state index is 11.7. The Hall–Kier alpha value is -3.15. The summed E-state index contributed by atoms with van der Waals surface area (Å²) >= 11 is 0. The van der Waals surface area contributed by atoms with Gasteiger partial charge in [-0.2, -0.15) is 0 Å². The van der Waals surface area contributed by atoms with Crippen molar-refractivity contribution in [3.8, 4) is 17.1 Å². The molecule has 0 spiro atoms. The number of hydrogen-bond donors (Lipinski definition) is 2. The third-order valence-corrected chi connectivity index (χ3v) is 4.86.